The highest BCUT2D eigenvalue weighted by Gasteiger charge is 2.26. The van der Waals surface area contributed by atoms with Gasteiger partial charge in [-0.05, 0) is 50.3 Å². The van der Waals surface area contributed by atoms with E-state index in [1.54, 1.807) is 18.3 Å². The number of nitriles is 1. The molecule has 1 atom stereocenters. The number of carbonyl (C=O) groups is 1. The zero-order valence-electron chi connectivity index (χ0n) is 14.1. The number of aromatic nitrogens is 1. The molecule has 0 spiro atoms. The summed E-state index contributed by atoms with van der Waals surface area (Å²) >= 11 is 0. The van der Waals surface area contributed by atoms with E-state index in [2.05, 4.69) is 21.3 Å². The van der Waals surface area contributed by atoms with Crippen LogP contribution in [-0.2, 0) is 4.79 Å². The van der Waals surface area contributed by atoms with Crippen molar-refractivity contribution in [1.82, 2.24) is 14.8 Å². The van der Waals surface area contributed by atoms with Crippen LogP contribution in [0.15, 0.2) is 18.3 Å². The number of anilines is 1. The molecule has 3 heterocycles. The van der Waals surface area contributed by atoms with Gasteiger partial charge >= 0.3 is 0 Å². The molecule has 2 aliphatic heterocycles. The summed E-state index contributed by atoms with van der Waals surface area (Å²) in [5.74, 6) is 1.43. The number of amides is 1. The van der Waals surface area contributed by atoms with Crippen molar-refractivity contribution in [2.45, 2.75) is 25.7 Å². The van der Waals surface area contributed by atoms with Gasteiger partial charge in [0, 0.05) is 32.4 Å². The molecule has 6 nitrogen and oxygen atoms in total. The molecule has 2 fully saturated rings. The van der Waals surface area contributed by atoms with Gasteiger partial charge in [-0.1, -0.05) is 0 Å². The summed E-state index contributed by atoms with van der Waals surface area (Å²) < 4.78 is 0. The Balaban J connectivity index is 1.44. The first-order valence-corrected chi connectivity index (χ1v) is 8.85. The van der Waals surface area contributed by atoms with Crippen molar-refractivity contribution in [2.24, 2.45) is 5.92 Å². The summed E-state index contributed by atoms with van der Waals surface area (Å²) in [5.41, 5.74) is 0.577. The molecule has 1 amide bonds. The van der Waals surface area contributed by atoms with Crippen molar-refractivity contribution < 1.29 is 4.79 Å². The lowest BCUT2D eigenvalue weighted by Crippen LogP contribution is -2.42. The zero-order chi connectivity index (χ0) is 16.8. The second kappa shape index (κ2) is 8.11. The molecule has 6 heteroatoms. The van der Waals surface area contributed by atoms with E-state index >= 15 is 0 Å². The molecule has 0 bridgehead atoms. The lowest BCUT2D eigenvalue weighted by molar-refractivity contribution is -0.133. The number of hydrogen-bond acceptors (Lipinski definition) is 5. The minimum Gasteiger partial charge on any atom is -0.369 e. The van der Waals surface area contributed by atoms with Gasteiger partial charge in [0.2, 0.25) is 5.91 Å². The summed E-state index contributed by atoms with van der Waals surface area (Å²) in [4.78, 5) is 20.9. The molecule has 2 aliphatic rings. The fraction of sp³-hybridized carbons (Fsp3) is 0.611. The van der Waals surface area contributed by atoms with Crippen LogP contribution in [0.1, 0.15) is 31.2 Å². The maximum atomic E-state index is 12.3. The fourth-order valence-electron chi connectivity index (χ4n) is 3.54. The van der Waals surface area contributed by atoms with Crippen molar-refractivity contribution in [3.8, 4) is 6.07 Å². The van der Waals surface area contributed by atoms with Crippen molar-refractivity contribution in [3.05, 3.63) is 23.9 Å². The highest BCUT2D eigenvalue weighted by molar-refractivity contribution is 5.78. The Hall–Kier alpha value is -2.13. The highest BCUT2D eigenvalue weighted by Crippen LogP contribution is 2.18. The zero-order valence-corrected chi connectivity index (χ0v) is 14.1. The van der Waals surface area contributed by atoms with Crippen LogP contribution in [0.25, 0.3) is 0 Å². The molecule has 24 heavy (non-hydrogen) atoms. The van der Waals surface area contributed by atoms with E-state index in [0.29, 0.717) is 23.8 Å². The van der Waals surface area contributed by atoms with Crippen LogP contribution in [-0.4, -0.2) is 60.0 Å². The third kappa shape index (κ3) is 4.24. The summed E-state index contributed by atoms with van der Waals surface area (Å²) in [6.45, 7) is 5.09. The van der Waals surface area contributed by atoms with E-state index in [4.69, 9.17) is 5.26 Å². The first-order valence-electron chi connectivity index (χ1n) is 8.85. The fourth-order valence-corrected chi connectivity index (χ4v) is 3.54. The smallest absolute Gasteiger partial charge is 0.236 e. The van der Waals surface area contributed by atoms with Crippen molar-refractivity contribution in [2.75, 3.05) is 44.6 Å². The molecule has 3 rings (SSSR count). The third-order valence-electron chi connectivity index (χ3n) is 4.92. The van der Waals surface area contributed by atoms with E-state index in [0.717, 1.165) is 52.0 Å². The molecule has 0 radical (unpaired) electrons. The molecular formula is C18H25N5O. The molecule has 0 unspecified atom stereocenters. The van der Waals surface area contributed by atoms with E-state index in [9.17, 15) is 4.79 Å². The van der Waals surface area contributed by atoms with Crippen molar-refractivity contribution in [1.29, 1.82) is 5.26 Å². The van der Waals surface area contributed by atoms with Gasteiger partial charge in [-0.2, -0.15) is 5.26 Å². The molecule has 1 aromatic heterocycles. The van der Waals surface area contributed by atoms with Crippen LogP contribution in [0.2, 0.25) is 0 Å². The Labute approximate surface area is 143 Å². The number of hydrogen-bond donors (Lipinski definition) is 1. The number of carbonyl (C=O) groups excluding carboxylic acids is 1. The average Bonchev–Trinajstić information content (AvgIpc) is 3.08. The maximum absolute atomic E-state index is 12.3. The molecule has 1 aromatic rings. The molecule has 128 valence electrons. The first-order chi connectivity index (χ1) is 11.8. The van der Waals surface area contributed by atoms with Gasteiger partial charge < -0.3 is 10.2 Å². The number of likely N-dealkylation sites (tertiary alicyclic amines) is 2. The van der Waals surface area contributed by atoms with Crippen LogP contribution < -0.4 is 5.32 Å². The summed E-state index contributed by atoms with van der Waals surface area (Å²) in [5, 5.41) is 12.4. The number of pyridine rings is 1. The van der Waals surface area contributed by atoms with Gasteiger partial charge in [0.05, 0.1) is 12.1 Å². The Kier molecular flexibility index (Phi) is 5.65. The van der Waals surface area contributed by atoms with E-state index in [1.807, 2.05) is 4.90 Å². The Bertz CT molecular complexity index is 606. The van der Waals surface area contributed by atoms with E-state index in [-0.39, 0.29) is 5.91 Å². The Morgan fingerprint density at radius 2 is 2.17 bits per heavy atom. The summed E-state index contributed by atoms with van der Waals surface area (Å²) in [7, 11) is 0. The second-order valence-corrected chi connectivity index (χ2v) is 6.72. The number of nitrogens with zero attached hydrogens (tertiary/aromatic N) is 4. The minimum absolute atomic E-state index is 0.278. The molecule has 2 saturated heterocycles. The maximum Gasteiger partial charge on any atom is 0.236 e. The second-order valence-electron chi connectivity index (χ2n) is 6.72. The average molecular weight is 327 g/mol. The first kappa shape index (κ1) is 16.7. The Morgan fingerprint density at radius 1 is 1.33 bits per heavy atom. The SMILES string of the molecule is N#Cc1cccnc1NC[C@@H]1CCN(CC(=O)N2CCCCC2)C1. The quantitative estimate of drug-likeness (QED) is 0.891. The van der Waals surface area contributed by atoms with Gasteiger partial charge in [-0.3, -0.25) is 9.69 Å². The standard InChI is InChI=1S/C18H25N5O/c19-11-16-5-4-7-20-18(16)21-12-15-6-10-22(13-15)14-17(24)23-8-2-1-3-9-23/h4-5,7,15H,1-3,6,8-10,12-14H2,(H,20,21)/t15-/m0/s1. The topological polar surface area (TPSA) is 72.3 Å². The van der Waals surface area contributed by atoms with Crippen molar-refractivity contribution >= 4 is 11.7 Å². The molecule has 0 saturated carbocycles. The van der Waals surface area contributed by atoms with Gasteiger partial charge in [0.25, 0.3) is 0 Å². The lowest BCUT2D eigenvalue weighted by Gasteiger charge is -2.28. The number of piperidine rings is 1. The monoisotopic (exact) mass is 327 g/mol. The number of rotatable bonds is 5. The van der Waals surface area contributed by atoms with E-state index < -0.39 is 0 Å². The highest BCUT2D eigenvalue weighted by atomic mass is 16.2. The normalized spacial score (nSPS) is 21.5. The van der Waals surface area contributed by atoms with Crippen LogP contribution in [0.4, 0.5) is 5.82 Å². The predicted octanol–water partition coefficient (Wildman–Crippen LogP) is 1.70. The van der Waals surface area contributed by atoms with Crippen LogP contribution in [0.3, 0.4) is 0 Å². The molecule has 0 aromatic carbocycles. The van der Waals surface area contributed by atoms with Crippen molar-refractivity contribution in [3.63, 3.8) is 0 Å². The summed E-state index contributed by atoms with van der Waals surface area (Å²) in [6, 6.07) is 5.70. The Morgan fingerprint density at radius 3 is 2.96 bits per heavy atom. The van der Waals surface area contributed by atoms with Crippen LogP contribution in [0.5, 0.6) is 0 Å². The molecule has 0 aliphatic carbocycles. The lowest BCUT2D eigenvalue weighted by atomic mass is 10.1. The number of nitrogens with one attached hydrogen (secondary N) is 1. The largest absolute Gasteiger partial charge is 0.369 e. The molecular weight excluding hydrogens is 302 g/mol. The minimum atomic E-state index is 0.278. The van der Waals surface area contributed by atoms with Crippen LogP contribution in [0, 0.1) is 17.2 Å². The van der Waals surface area contributed by atoms with Gasteiger partial charge in [-0.15, -0.1) is 0 Å². The van der Waals surface area contributed by atoms with Crippen LogP contribution >= 0.6 is 0 Å². The molecule has 1 N–H and O–H groups in total. The summed E-state index contributed by atoms with van der Waals surface area (Å²) in [6.07, 6.45) is 6.31. The van der Waals surface area contributed by atoms with Gasteiger partial charge in [0.1, 0.15) is 11.9 Å². The van der Waals surface area contributed by atoms with E-state index in [1.165, 1.54) is 6.42 Å². The van der Waals surface area contributed by atoms with Gasteiger partial charge in [0.15, 0.2) is 0 Å². The third-order valence-corrected chi connectivity index (χ3v) is 4.92. The van der Waals surface area contributed by atoms with Gasteiger partial charge in [-0.25, -0.2) is 4.98 Å². The predicted molar refractivity (Wildman–Crippen MR) is 92.4 cm³/mol.